The van der Waals surface area contributed by atoms with E-state index in [1.165, 1.54) is 12.1 Å². The highest BCUT2D eigenvalue weighted by Gasteiger charge is 2.20. The fourth-order valence-corrected chi connectivity index (χ4v) is 3.97. The number of aromatic nitrogens is 1. The molecular weight excluding hydrogens is 433 g/mol. The first kappa shape index (κ1) is 23.4. The SMILES string of the molecule is Cc1noc(C)c1COc1cc2ccccc2cc1C(=O)NCC(c1cccc(F)c1)N(C)C. The van der Waals surface area contributed by atoms with Gasteiger partial charge in [-0.25, -0.2) is 4.39 Å². The van der Waals surface area contributed by atoms with Crippen molar-refractivity contribution in [2.45, 2.75) is 26.5 Å². The van der Waals surface area contributed by atoms with E-state index in [0.717, 1.165) is 27.6 Å². The minimum absolute atomic E-state index is 0.188. The number of halogens is 1. The third kappa shape index (κ3) is 5.10. The Balaban J connectivity index is 1.59. The Morgan fingerprint density at radius 3 is 2.47 bits per heavy atom. The van der Waals surface area contributed by atoms with E-state index < -0.39 is 0 Å². The van der Waals surface area contributed by atoms with Gasteiger partial charge >= 0.3 is 0 Å². The molecule has 176 valence electrons. The van der Waals surface area contributed by atoms with Crippen LogP contribution in [0.5, 0.6) is 5.75 Å². The van der Waals surface area contributed by atoms with Crippen LogP contribution in [0.3, 0.4) is 0 Å². The number of fused-ring (bicyclic) bond motifs is 1. The Kier molecular flexibility index (Phi) is 6.93. The first-order valence-corrected chi connectivity index (χ1v) is 11.1. The lowest BCUT2D eigenvalue weighted by Gasteiger charge is -2.25. The van der Waals surface area contributed by atoms with E-state index in [1.54, 1.807) is 6.07 Å². The van der Waals surface area contributed by atoms with Crippen LogP contribution in [-0.2, 0) is 6.61 Å². The average Bonchev–Trinajstić information content (AvgIpc) is 3.14. The molecule has 0 saturated carbocycles. The Labute approximate surface area is 198 Å². The van der Waals surface area contributed by atoms with Crippen LogP contribution >= 0.6 is 0 Å². The van der Waals surface area contributed by atoms with Gasteiger partial charge in [-0.15, -0.1) is 0 Å². The molecule has 6 nitrogen and oxygen atoms in total. The zero-order valence-electron chi connectivity index (χ0n) is 19.8. The van der Waals surface area contributed by atoms with Gasteiger partial charge in [-0.2, -0.15) is 0 Å². The highest BCUT2D eigenvalue weighted by molar-refractivity contribution is 6.01. The molecular formula is C27H28FN3O3. The van der Waals surface area contributed by atoms with Gasteiger partial charge in [0.15, 0.2) is 0 Å². The van der Waals surface area contributed by atoms with Gasteiger partial charge < -0.3 is 19.5 Å². The molecule has 3 aromatic carbocycles. The highest BCUT2D eigenvalue weighted by Crippen LogP contribution is 2.28. The summed E-state index contributed by atoms with van der Waals surface area (Å²) in [5, 5.41) is 8.88. The normalized spacial score (nSPS) is 12.2. The number of likely N-dealkylation sites (N-methyl/N-ethyl adjacent to an activating group) is 1. The summed E-state index contributed by atoms with van der Waals surface area (Å²) in [6.07, 6.45) is 0. The second kappa shape index (κ2) is 10.1. The summed E-state index contributed by atoms with van der Waals surface area (Å²) in [4.78, 5) is 15.3. The molecule has 0 bridgehead atoms. The molecule has 1 unspecified atom stereocenters. The van der Waals surface area contributed by atoms with Crippen molar-refractivity contribution >= 4 is 16.7 Å². The van der Waals surface area contributed by atoms with Gasteiger partial charge in [0.25, 0.3) is 5.91 Å². The van der Waals surface area contributed by atoms with Crippen molar-refractivity contribution in [1.29, 1.82) is 0 Å². The standard InChI is InChI=1S/C27H28FN3O3/c1-17-24(18(2)34-30-17)16-33-26-14-20-9-6-5-8-19(20)13-23(26)27(32)29-15-25(31(3)4)21-10-7-11-22(28)12-21/h5-14,25H,15-16H2,1-4H3,(H,29,32). The van der Waals surface area contributed by atoms with Crippen LogP contribution in [0.1, 0.15) is 39.0 Å². The molecule has 7 heteroatoms. The Hall–Kier alpha value is -3.71. The molecule has 1 aromatic heterocycles. The van der Waals surface area contributed by atoms with E-state index in [2.05, 4.69) is 10.5 Å². The fourth-order valence-electron chi connectivity index (χ4n) is 3.97. The molecule has 34 heavy (non-hydrogen) atoms. The minimum Gasteiger partial charge on any atom is -0.488 e. The second-order valence-electron chi connectivity index (χ2n) is 8.53. The molecule has 0 aliphatic heterocycles. The van der Waals surface area contributed by atoms with Crippen molar-refractivity contribution in [3.63, 3.8) is 0 Å². The zero-order valence-corrected chi connectivity index (χ0v) is 19.8. The molecule has 1 atom stereocenters. The summed E-state index contributed by atoms with van der Waals surface area (Å²) in [5.74, 6) is 0.597. The molecule has 0 radical (unpaired) electrons. The molecule has 4 rings (SSSR count). The Morgan fingerprint density at radius 1 is 1.09 bits per heavy atom. The van der Waals surface area contributed by atoms with E-state index >= 15 is 0 Å². The van der Waals surface area contributed by atoms with Gasteiger partial charge in [-0.1, -0.05) is 41.6 Å². The van der Waals surface area contributed by atoms with Gasteiger partial charge in [0.2, 0.25) is 0 Å². The van der Waals surface area contributed by atoms with Crippen LogP contribution in [0.15, 0.2) is 65.2 Å². The lowest BCUT2D eigenvalue weighted by Crippen LogP contribution is -2.34. The van der Waals surface area contributed by atoms with Gasteiger partial charge in [0.1, 0.15) is 23.9 Å². The van der Waals surface area contributed by atoms with Crippen molar-refractivity contribution in [3.05, 3.63) is 94.6 Å². The summed E-state index contributed by atoms with van der Waals surface area (Å²) < 4.78 is 25.1. The van der Waals surface area contributed by atoms with E-state index in [0.29, 0.717) is 23.6 Å². The van der Waals surface area contributed by atoms with Crippen LogP contribution in [0.2, 0.25) is 0 Å². The first-order valence-electron chi connectivity index (χ1n) is 11.1. The molecule has 0 saturated heterocycles. The molecule has 4 aromatic rings. The number of nitrogens with one attached hydrogen (secondary N) is 1. The molecule has 0 aliphatic carbocycles. The van der Waals surface area contributed by atoms with Crippen LogP contribution in [0.4, 0.5) is 4.39 Å². The number of rotatable bonds is 8. The van der Waals surface area contributed by atoms with E-state index in [9.17, 15) is 9.18 Å². The van der Waals surface area contributed by atoms with Crippen LogP contribution < -0.4 is 10.1 Å². The predicted molar refractivity (Wildman–Crippen MR) is 129 cm³/mol. The van der Waals surface area contributed by atoms with Crippen LogP contribution in [0, 0.1) is 19.7 Å². The van der Waals surface area contributed by atoms with Gasteiger partial charge in [0.05, 0.1) is 22.9 Å². The van der Waals surface area contributed by atoms with Crippen LogP contribution in [0.25, 0.3) is 10.8 Å². The maximum atomic E-state index is 13.8. The van der Waals surface area contributed by atoms with Gasteiger partial charge in [-0.05, 0) is 68.5 Å². The van der Waals surface area contributed by atoms with E-state index in [1.807, 2.05) is 75.3 Å². The molecule has 0 spiro atoms. The van der Waals surface area contributed by atoms with Crippen molar-refractivity contribution in [2.24, 2.45) is 0 Å². The van der Waals surface area contributed by atoms with Crippen molar-refractivity contribution < 1.29 is 18.4 Å². The number of carbonyl (C=O) groups excluding carboxylic acids is 1. The lowest BCUT2D eigenvalue weighted by molar-refractivity contribution is 0.0937. The maximum absolute atomic E-state index is 13.8. The molecule has 1 heterocycles. The number of ether oxygens (including phenoxy) is 1. The fraction of sp³-hybridized carbons (Fsp3) is 0.259. The molecule has 1 N–H and O–H groups in total. The predicted octanol–water partition coefficient (Wildman–Crippen LogP) is 5.20. The third-order valence-electron chi connectivity index (χ3n) is 5.96. The summed E-state index contributed by atoms with van der Waals surface area (Å²) in [6, 6.07) is 17.8. The molecule has 0 aliphatic rings. The van der Waals surface area contributed by atoms with E-state index in [4.69, 9.17) is 9.26 Å². The zero-order chi connectivity index (χ0) is 24.2. The number of benzene rings is 3. The third-order valence-corrected chi connectivity index (χ3v) is 5.96. The number of hydrogen-bond donors (Lipinski definition) is 1. The highest BCUT2D eigenvalue weighted by atomic mass is 19.1. The first-order chi connectivity index (χ1) is 16.3. The monoisotopic (exact) mass is 461 g/mol. The number of nitrogens with zero attached hydrogens (tertiary/aromatic N) is 2. The average molecular weight is 462 g/mol. The second-order valence-corrected chi connectivity index (χ2v) is 8.53. The van der Waals surface area contributed by atoms with Crippen molar-refractivity contribution in [3.8, 4) is 5.75 Å². The maximum Gasteiger partial charge on any atom is 0.255 e. The minimum atomic E-state index is -0.305. The van der Waals surface area contributed by atoms with Crippen LogP contribution in [-0.4, -0.2) is 36.6 Å². The van der Waals surface area contributed by atoms with E-state index in [-0.39, 0.29) is 24.4 Å². The lowest BCUT2D eigenvalue weighted by atomic mass is 10.0. The summed E-state index contributed by atoms with van der Waals surface area (Å²) >= 11 is 0. The number of aryl methyl sites for hydroxylation is 2. The Bertz CT molecular complexity index is 1300. The summed E-state index contributed by atoms with van der Waals surface area (Å²) in [6.45, 7) is 4.24. The number of carbonyl (C=O) groups is 1. The smallest absolute Gasteiger partial charge is 0.255 e. The van der Waals surface area contributed by atoms with Crippen molar-refractivity contribution in [2.75, 3.05) is 20.6 Å². The molecule has 1 amide bonds. The van der Waals surface area contributed by atoms with Gasteiger partial charge in [-0.3, -0.25) is 4.79 Å². The largest absolute Gasteiger partial charge is 0.488 e. The molecule has 0 fully saturated rings. The summed E-state index contributed by atoms with van der Waals surface area (Å²) in [5.41, 5.74) is 2.84. The van der Waals surface area contributed by atoms with Crippen molar-refractivity contribution in [1.82, 2.24) is 15.4 Å². The quantitative estimate of drug-likeness (QED) is 0.391. The Morgan fingerprint density at radius 2 is 1.82 bits per heavy atom. The summed E-state index contributed by atoms with van der Waals surface area (Å²) in [7, 11) is 3.80. The number of hydrogen-bond acceptors (Lipinski definition) is 5. The van der Waals surface area contributed by atoms with Gasteiger partial charge in [0, 0.05) is 6.54 Å². The number of amides is 1. The topological polar surface area (TPSA) is 67.6 Å².